The molecule has 1 N–H and O–H groups in total. The fraction of sp³-hybridized carbons (Fsp3) is 0.500. The lowest BCUT2D eigenvalue weighted by atomic mass is 10.2. The maximum absolute atomic E-state index is 4.49. The van der Waals surface area contributed by atoms with Crippen molar-refractivity contribution in [2.24, 2.45) is 5.92 Å². The largest absolute Gasteiger partial charge is 0.312 e. The highest BCUT2D eigenvalue weighted by Gasteiger charge is 2.08. The number of aromatic nitrogens is 2. The number of nitrogens with one attached hydrogen (secondary N) is 1. The molecule has 19 heavy (non-hydrogen) atoms. The second-order valence-electron chi connectivity index (χ2n) is 5.14. The summed E-state index contributed by atoms with van der Waals surface area (Å²) in [6.07, 6.45) is 1.98. The maximum atomic E-state index is 4.49. The van der Waals surface area contributed by atoms with Gasteiger partial charge in [-0.1, -0.05) is 13.8 Å². The van der Waals surface area contributed by atoms with Crippen LogP contribution in [0.25, 0.3) is 0 Å². The van der Waals surface area contributed by atoms with Crippen LogP contribution < -0.4 is 5.32 Å². The van der Waals surface area contributed by atoms with E-state index in [2.05, 4.69) is 63.9 Å². The highest BCUT2D eigenvalue weighted by molar-refractivity contribution is 9.11. The zero-order valence-electron chi connectivity index (χ0n) is 11.6. The lowest BCUT2D eigenvalue weighted by molar-refractivity contribution is 0.551. The summed E-state index contributed by atoms with van der Waals surface area (Å²) in [4.78, 5) is 1.32. The van der Waals surface area contributed by atoms with Gasteiger partial charge in [-0.3, -0.25) is 4.68 Å². The Labute approximate surface area is 127 Å². The van der Waals surface area contributed by atoms with E-state index in [1.165, 1.54) is 19.9 Å². The van der Waals surface area contributed by atoms with Crippen molar-refractivity contribution in [3.63, 3.8) is 0 Å². The third kappa shape index (κ3) is 4.16. The van der Waals surface area contributed by atoms with E-state index in [0.29, 0.717) is 5.92 Å². The van der Waals surface area contributed by atoms with E-state index in [9.17, 15) is 0 Å². The van der Waals surface area contributed by atoms with Crippen LogP contribution in [0.1, 0.15) is 30.0 Å². The van der Waals surface area contributed by atoms with Crippen LogP contribution in [0.3, 0.4) is 0 Å². The quantitative estimate of drug-likeness (QED) is 0.865. The summed E-state index contributed by atoms with van der Waals surface area (Å²) >= 11 is 5.26. The molecule has 2 aromatic rings. The first-order chi connectivity index (χ1) is 9.06. The molecule has 2 rings (SSSR count). The smallest absolute Gasteiger partial charge is 0.0755 e. The lowest BCUT2D eigenvalue weighted by Crippen LogP contribution is -2.19. The summed E-state index contributed by atoms with van der Waals surface area (Å²) in [5.74, 6) is 0.679. The van der Waals surface area contributed by atoms with Gasteiger partial charge in [-0.2, -0.15) is 5.10 Å². The number of halogens is 1. The van der Waals surface area contributed by atoms with Crippen LogP contribution in [0.2, 0.25) is 0 Å². The van der Waals surface area contributed by atoms with Gasteiger partial charge < -0.3 is 5.32 Å². The van der Waals surface area contributed by atoms with Gasteiger partial charge in [-0.05, 0) is 47.4 Å². The summed E-state index contributed by atoms with van der Waals surface area (Å²) in [7, 11) is 0. The highest BCUT2D eigenvalue weighted by atomic mass is 79.9. The third-order valence-electron chi connectivity index (χ3n) is 3.01. The Kier molecular flexibility index (Phi) is 5.19. The Hall–Kier alpha value is -0.650. The maximum Gasteiger partial charge on any atom is 0.0755 e. The molecule has 0 spiro atoms. The van der Waals surface area contributed by atoms with Crippen molar-refractivity contribution < 1.29 is 0 Å². The molecule has 2 heterocycles. The molecule has 0 unspecified atom stereocenters. The summed E-state index contributed by atoms with van der Waals surface area (Å²) < 4.78 is 3.25. The van der Waals surface area contributed by atoms with Gasteiger partial charge in [0, 0.05) is 22.7 Å². The molecule has 0 atom stereocenters. The Morgan fingerprint density at radius 2 is 2.21 bits per heavy atom. The van der Waals surface area contributed by atoms with Crippen molar-refractivity contribution in [1.29, 1.82) is 0 Å². The number of thiophene rings is 1. The fourth-order valence-corrected chi connectivity index (χ4v) is 3.36. The zero-order valence-corrected chi connectivity index (χ0v) is 14.0. The van der Waals surface area contributed by atoms with Crippen molar-refractivity contribution in [2.75, 3.05) is 6.54 Å². The molecule has 0 aliphatic heterocycles. The molecule has 0 saturated heterocycles. The highest BCUT2D eigenvalue weighted by Crippen LogP contribution is 2.23. The van der Waals surface area contributed by atoms with Gasteiger partial charge in [-0.15, -0.1) is 11.3 Å². The van der Waals surface area contributed by atoms with Crippen molar-refractivity contribution in [3.8, 4) is 0 Å². The van der Waals surface area contributed by atoms with Gasteiger partial charge in [-0.25, -0.2) is 0 Å². The lowest BCUT2D eigenvalue weighted by Gasteiger charge is -2.07. The third-order valence-corrected chi connectivity index (χ3v) is 4.62. The average Bonchev–Trinajstić information content (AvgIpc) is 2.89. The molecule has 0 bridgehead atoms. The molecule has 0 radical (unpaired) electrons. The predicted molar refractivity (Wildman–Crippen MR) is 84.6 cm³/mol. The molecule has 0 fully saturated rings. The van der Waals surface area contributed by atoms with Crippen LogP contribution in [0.15, 0.2) is 22.1 Å². The van der Waals surface area contributed by atoms with Crippen molar-refractivity contribution in [3.05, 3.63) is 38.3 Å². The summed E-state index contributed by atoms with van der Waals surface area (Å²) in [5.41, 5.74) is 2.54. The fourth-order valence-electron chi connectivity index (χ4n) is 1.90. The summed E-state index contributed by atoms with van der Waals surface area (Å²) in [6.45, 7) is 9.38. The first kappa shape index (κ1) is 14.8. The topological polar surface area (TPSA) is 29.9 Å². The van der Waals surface area contributed by atoms with Crippen molar-refractivity contribution >= 4 is 27.3 Å². The molecular formula is C14H20BrN3S. The molecule has 2 aromatic heterocycles. The van der Waals surface area contributed by atoms with E-state index in [1.807, 2.05) is 6.20 Å². The Balaban J connectivity index is 1.97. The van der Waals surface area contributed by atoms with E-state index in [1.54, 1.807) is 11.3 Å². The minimum atomic E-state index is 0.679. The molecule has 0 aliphatic carbocycles. The van der Waals surface area contributed by atoms with E-state index >= 15 is 0 Å². The number of hydrogen-bond acceptors (Lipinski definition) is 3. The minimum absolute atomic E-state index is 0.679. The molecule has 5 heteroatoms. The van der Waals surface area contributed by atoms with Crippen molar-refractivity contribution in [2.45, 2.75) is 33.9 Å². The van der Waals surface area contributed by atoms with Crippen LogP contribution >= 0.6 is 27.3 Å². The van der Waals surface area contributed by atoms with Gasteiger partial charge in [0.15, 0.2) is 0 Å². The molecule has 0 aliphatic rings. The van der Waals surface area contributed by atoms with Crippen LogP contribution in [-0.2, 0) is 13.1 Å². The van der Waals surface area contributed by atoms with Crippen LogP contribution in [0, 0.1) is 12.8 Å². The van der Waals surface area contributed by atoms with Gasteiger partial charge >= 0.3 is 0 Å². The standard InChI is InChI=1S/C14H20BrN3S/c1-10(2)6-16-7-12-8-17-18(11(12)3)9-13-4-5-14(15)19-13/h4-5,8,10,16H,6-7,9H2,1-3H3. The SMILES string of the molecule is Cc1c(CNCC(C)C)cnn1Cc1ccc(Br)s1. The van der Waals surface area contributed by atoms with Crippen LogP contribution in [0.5, 0.6) is 0 Å². The number of nitrogens with zero attached hydrogens (tertiary/aromatic N) is 2. The van der Waals surface area contributed by atoms with E-state index in [-0.39, 0.29) is 0 Å². The summed E-state index contributed by atoms with van der Waals surface area (Å²) in [5, 5.41) is 7.95. The first-order valence-electron chi connectivity index (χ1n) is 6.52. The molecule has 0 aromatic carbocycles. The molecular weight excluding hydrogens is 322 g/mol. The van der Waals surface area contributed by atoms with E-state index in [4.69, 9.17) is 0 Å². The zero-order chi connectivity index (χ0) is 13.8. The van der Waals surface area contributed by atoms with Crippen molar-refractivity contribution in [1.82, 2.24) is 15.1 Å². The van der Waals surface area contributed by atoms with Gasteiger partial charge in [0.25, 0.3) is 0 Å². The average molecular weight is 342 g/mol. The number of hydrogen-bond donors (Lipinski definition) is 1. The molecule has 0 saturated carbocycles. The molecule has 3 nitrogen and oxygen atoms in total. The first-order valence-corrected chi connectivity index (χ1v) is 8.13. The Morgan fingerprint density at radius 1 is 1.42 bits per heavy atom. The van der Waals surface area contributed by atoms with E-state index in [0.717, 1.165) is 19.6 Å². The van der Waals surface area contributed by atoms with E-state index < -0.39 is 0 Å². The second-order valence-corrected chi connectivity index (χ2v) is 7.69. The van der Waals surface area contributed by atoms with Gasteiger partial charge in [0.05, 0.1) is 16.5 Å². The Morgan fingerprint density at radius 3 is 2.84 bits per heavy atom. The normalized spacial score (nSPS) is 11.4. The van der Waals surface area contributed by atoms with Gasteiger partial charge in [0.2, 0.25) is 0 Å². The molecule has 104 valence electrons. The summed E-state index contributed by atoms with van der Waals surface area (Å²) in [6, 6.07) is 4.23. The minimum Gasteiger partial charge on any atom is -0.312 e. The number of rotatable bonds is 6. The Bertz CT molecular complexity index is 531. The van der Waals surface area contributed by atoms with Crippen LogP contribution in [-0.4, -0.2) is 16.3 Å². The van der Waals surface area contributed by atoms with Crippen LogP contribution in [0.4, 0.5) is 0 Å². The van der Waals surface area contributed by atoms with Gasteiger partial charge in [0.1, 0.15) is 0 Å². The second kappa shape index (κ2) is 6.68. The predicted octanol–water partition coefficient (Wildman–Crippen LogP) is 3.81. The molecule has 0 amide bonds. The monoisotopic (exact) mass is 341 g/mol.